The zero-order valence-corrected chi connectivity index (χ0v) is 25.6. The minimum Gasteiger partial charge on any atom is -0.406 e. The number of ether oxygens (including phenoxy) is 1. The lowest BCUT2D eigenvalue weighted by Crippen LogP contribution is -2.32. The predicted molar refractivity (Wildman–Crippen MR) is 170 cm³/mol. The van der Waals surface area contributed by atoms with Gasteiger partial charge in [-0.15, -0.1) is 18.3 Å². The van der Waals surface area contributed by atoms with Crippen LogP contribution in [0, 0.1) is 6.92 Å². The Hall–Kier alpha value is -4.27. The third-order valence-corrected chi connectivity index (χ3v) is 7.64. The number of benzene rings is 3. The molecule has 0 saturated carbocycles. The Kier molecular flexibility index (Phi) is 9.32. The molecule has 0 unspecified atom stereocenters. The number of nitrogens with one attached hydrogen (secondary N) is 2. The maximum atomic E-state index is 12.8. The van der Waals surface area contributed by atoms with Crippen LogP contribution in [0.5, 0.6) is 5.75 Å². The number of hydrazine groups is 1. The van der Waals surface area contributed by atoms with E-state index in [0.717, 1.165) is 28.1 Å². The summed E-state index contributed by atoms with van der Waals surface area (Å²) >= 11 is 6.87. The molecule has 0 atom stereocenters. The number of nitrogens with zero attached hydrogens (tertiary/aromatic N) is 5. The molecule has 0 radical (unpaired) electrons. The average molecular weight is 640 g/mol. The van der Waals surface area contributed by atoms with Crippen LogP contribution in [0.25, 0.3) is 17.1 Å². The summed E-state index contributed by atoms with van der Waals surface area (Å²) in [6, 6.07) is 18.8. The smallest absolute Gasteiger partial charge is 0.406 e. The second kappa shape index (κ2) is 13.2. The van der Waals surface area contributed by atoms with E-state index in [0.29, 0.717) is 27.4 Å². The zero-order chi connectivity index (χ0) is 31.4. The van der Waals surface area contributed by atoms with E-state index < -0.39 is 6.36 Å². The Balaban J connectivity index is 1.17. The molecule has 1 aliphatic rings. The van der Waals surface area contributed by atoms with Crippen LogP contribution in [-0.4, -0.2) is 49.5 Å². The molecule has 1 aliphatic heterocycles. The van der Waals surface area contributed by atoms with Gasteiger partial charge < -0.3 is 10.2 Å². The second-order valence-corrected chi connectivity index (χ2v) is 11.5. The van der Waals surface area contributed by atoms with Crippen molar-refractivity contribution in [1.82, 2.24) is 20.2 Å². The molecule has 1 aromatic heterocycles. The standard InChI is InChI=1S/C30H28F3N7O2S2/c1-18(2)24-13-4-19(3)14-25(24)40-27(41)16-44-29(40)36-26(43)15-35-37-21-7-5-20(6-8-21)28-34-17-39(38-28)22-9-11-23(12-10-22)42-30(31,32)33/h4-14,17-18,35,37H,15-16H2,1-3H3/b36-29-. The fourth-order valence-corrected chi connectivity index (χ4v) is 5.51. The summed E-state index contributed by atoms with van der Waals surface area (Å²) in [7, 11) is 0. The molecule has 44 heavy (non-hydrogen) atoms. The maximum Gasteiger partial charge on any atom is 0.573 e. The van der Waals surface area contributed by atoms with Gasteiger partial charge in [0.25, 0.3) is 0 Å². The highest BCUT2D eigenvalue weighted by Gasteiger charge is 2.32. The Morgan fingerprint density at radius 3 is 2.52 bits per heavy atom. The van der Waals surface area contributed by atoms with Crippen molar-refractivity contribution >= 4 is 51.4 Å². The number of alkyl halides is 3. The number of thioether (sulfide) groups is 1. The van der Waals surface area contributed by atoms with Crippen molar-refractivity contribution in [3.63, 3.8) is 0 Å². The number of amides is 1. The van der Waals surface area contributed by atoms with Crippen LogP contribution in [0.4, 0.5) is 24.5 Å². The number of aliphatic imine (C=N–C) groups is 1. The Morgan fingerprint density at radius 2 is 1.84 bits per heavy atom. The highest BCUT2D eigenvalue weighted by atomic mass is 32.2. The number of halogens is 3. The number of aryl methyl sites for hydroxylation is 1. The van der Waals surface area contributed by atoms with Gasteiger partial charge in [-0.3, -0.25) is 9.69 Å². The van der Waals surface area contributed by atoms with E-state index in [1.165, 1.54) is 47.0 Å². The Labute approximate surface area is 261 Å². The van der Waals surface area contributed by atoms with Crippen LogP contribution in [0.15, 0.2) is 78.0 Å². The third-order valence-electron chi connectivity index (χ3n) is 6.48. The molecule has 1 fully saturated rings. The average Bonchev–Trinajstić information content (AvgIpc) is 3.60. The first-order chi connectivity index (χ1) is 21.0. The lowest BCUT2D eigenvalue weighted by Gasteiger charge is -2.22. The topological polar surface area (TPSA) is 96.7 Å². The molecule has 0 bridgehead atoms. The van der Waals surface area contributed by atoms with Gasteiger partial charge in [0.2, 0.25) is 5.91 Å². The van der Waals surface area contributed by atoms with Crippen molar-refractivity contribution in [3.8, 4) is 22.8 Å². The monoisotopic (exact) mass is 639 g/mol. The van der Waals surface area contributed by atoms with Crippen molar-refractivity contribution in [2.45, 2.75) is 33.1 Å². The number of carbonyl (C=O) groups is 1. The molecule has 14 heteroatoms. The highest BCUT2D eigenvalue weighted by molar-refractivity contribution is 8.15. The number of thiocarbonyl (C=S) groups is 1. The van der Waals surface area contributed by atoms with Crippen LogP contribution >= 0.6 is 24.0 Å². The van der Waals surface area contributed by atoms with Gasteiger partial charge in [-0.05, 0) is 78.6 Å². The first-order valence-electron chi connectivity index (χ1n) is 13.5. The van der Waals surface area contributed by atoms with Crippen molar-refractivity contribution in [2.75, 3.05) is 22.6 Å². The van der Waals surface area contributed by atoms with Gasteiger partial charge in [0.05, 0.1) is 23.7 Å². The Bertz CT molecular complexity index is 1690. The molecule has 4 aromatic rings. The molecular weight excluding hydrogens is 612 g/mol. The van der Waals surface area contributed by atoms with Crippen LogP contribution in [0.1, 0.15) is 30.9 Å². The summed E-state index contributed by atoms with van der Waals surface area (Å²) in [6.07, 6.45) is -3.28. The van der Waals surface area contributed by atoms with Crippen molar-refractivity contribution in [2.24, 2.45) is 4.99 Å². The van der Waals surface area contributed by atoms with Gasteiger partial charge in [-0.25, -0.2) is 20.1 Å². The van der Waals surface area contributed by atoms with E-state index >= 15 is 0 Å². The molecule has 0 spiro atoms. The number of anilines is 2. The lowest BCUT2D eigenvalue weighted by molar-refractivity contribution is -0.274. The predicted octanol–water partition coefficient (Wildman–Crippen LogP) is 6.64. The molecule has 3 aromatic carbocycles. The molecular formula is C30H28F3N7O2S2. The van der Waals surface area contributed by atoms with Crippen LogP contribution in [0.3, 0.4) is 0 Å². The summed E-state index contributed by atoms with van der Waals surface area (Å²) in [4.78, 5) is 23.8. The molecule has 9 nitrogen and oxygen atoms in total. The minimum atomic E-state index is -4.75. The molecule has 2 N–H and O–H groups in total. The van der Waals surface area contributed by atoms with Crippen molar-refractivity contribution in [1.29, 1.82) is 0 Å². The molecule has 1 amide bonds. The van der Waals surface area contributed by atoms with Crippen molar-refractivity contribution in [3.05, 3.63) is 84.2 Å². The number of amidine groups is 1. The second-order valence-electron chi connectivity index (χ2n) is 10.1. The van der Waals surface area contributed by atoms with E-state index in [4.69, 9.17) is 12.2 Å². The summed E-state index contributed by atoms with van der Waals surface area (Å²) in [6.45, 7) is 6.44. The number of carbonyl (C=O) groups excluding carboxylic acids is 1. The van der Waals surface area contributed by atoms with E-state index in [9.17, 15) is 18.0 Å². The van der Waals surface area contributed by atoms with Gasteiger partial charge in [0, 0.05) is 11.3 Å². The highest BCUT2D eigenvalue weighted by Crippen LogP contribution is 2.34. The van der Waals surface area contributed by atoms with Crippen LogP contribution < -0.4 is 20.5 Å². The summed E-state index contributed by atoms with van der Waals surface area (Å²) in [5.74, 6) is 0.649. The lowest BCUT2D eigenvalue weighted by atomic mass is 9.99. The number of hydrogen-bond acceptors (Lipinski definition) is 8. The fourth-order valence-electron chi connectivity index (χ4n) is 4.41. The maximum absolute atomic E-state index is 12.8. The zero-order valence-electron chi connectivity index (χ0n) is 23.9. The number of rotatable bonds is 9. The first-order valence-corrected chi connectivity index (χ1v) is 14.9. The SMILES string of the molecule is Cc1ccc(C(C)C)c(N2C(=O)CS/C2=N\C(=S)CNNc2ccc(-c3ncn(-c4ccc(OC(F)(F)F)cc4)n3)cc2)c1. The number of aromatic nitrogens is 3. The van der Waals surface area contributed by atoms with E-state index in [1.807, 2.05) is 43.3 Å². The summed E-state index contributed by atoms with van der Waals surface area (Å²) in [5.41, 5.74) is 11.2. The molecule has 1 saturated heterocycles. The van der Waals surface area contributed by atoms with E-state index in [-0.39, 0.29) is 24.1 Å². The molecule has 2 heterocycles. The van der Waals surface area contributed by atoms with Gasteiger partial charge >= 0.3 is 6.36 Å². The number of hydrogen-bond donors (Lipinski definition) is 2. The van der Waals surface area contributed by atoms with Gasteiger partial charge in [0.15, 0.2) is 11.0 Å². The van der Waals surface area contributed by atoms with Gasteiger partial charge in [-0.1, -0.05) is 50.0 Å². The minimum absolute atomic E-state index is 0.0250. The van der Waals surface area contributed by atoms with E-state index in [1.54, 1.807) is 4.90 Å². The quantitative estimate of drug-likeness (QED) is 0.155. The van der Waals surface area contributed by atoms with Crippen LogP contribution in [-0.2, 0) is 4.79 Å². The first kappa shape index (κ1) is 31.2. The largest absolute Gasteiger partial charge is 0.573 e. The van der Waals surface area contributed by atoms with Crippen molar-refractivity contribution < 1.29 is 22.7 Å². The molecule has 5 rings (SSSR count). The molecule has 228 valence electrons. The fraction of sp³-hybridized carbons (Fsp3) is 0.233. The molecule has 0 aliphatic carbocycles. The third kappa shape index (κ3) is 7.62. The summed E-state index contributed by atoms with van der Waals surface area (Å²) in [5, 5.41) is 4.98. The van der Waals surface area contributed by atoms with Crippen LogP contribution in [0.2, 0.25) is 0 Å². The van der Waals surface area contributed by atoms with Gasteiger partial charge in [0.1, 0.15) is 17.1 Å². The summed E-state index contributed by atoms with van der Waals surface area (Å²) < 4.78 is 42.6. The normalized spacial score (nSPS) is 14.5. The Morgan fingerprint density at radius 1 is 1.11 bits per heavy atom. The van der Waals surface area contributed by atoms with E-state index in [2.05, 4.69) is 50.6 Å². The van der Waals surface area contributed by atoms with Gasteiger partial charge in [-0.2, -0.15) is 0 Å².